The molecule has 7 atom stereocenters. The third-order valence-corrected chi connectivity index (χ3v) is 8.54. The quantitative estimate of drug-likeness (QED) is 0.663. The van der Waals surface area contributed by atoms with Gasteiger partial charge in [0.1, 0.15) is 11.9 Å². The first-order valence-corrected chi connectivity index (χ1v) is 10.0. The highest BCUT2D eigenvalue weighted by Gasteiger charge is 2.60. The molecule has 0 bridgehead atoms. The van der Waals surface area contributed by atoms with Crippen LogP contribution in [-0.2, 0) is 14.3 Å². The molecule has 0 aromatic heterocycles. The van der Waals surface area contributed by atoms with Crippen LogP contribution in [0.4, 0.5) is 0 Å². The van der Waals surface area contributed by atoms with Gasteiger partial charge in [-0.3, -0.25) is 9.59 Å². The van der Waals surface area contributed by atoms with Crippen LogP contribution in [0.15, 0.2) is 0 Å². The number of Topliss-reactive ketones (excluding diaryl/α,β-unsaturated/α-hetero) is 1. The number of carbonyl (C=O) groups excluding carboxylic acids is 2. The van der Waals surface area contributed by atoms with Crippen LogP contribution >= 0.6 is 0 Å². The molecule has 3 heteroatoms. The standard InChI is InChI=1S/C21H32O3/c1-13(22)24-15-6-10-21(3)14(11-15)12-18(23)19-16-5-4-8-20(16,2)9-7-17(19)21/h14-17,19H,4-12H2,1-3H3/t14-,15-,16+,17-,19+,20+,21+/m1/s1. The molecule has 3 nitrogen and oxygen atoms in total. The summed E-state index contributed by atoms with van der Waals surface area (Å²) < 4.78 is 5.49. The molecule has 4 aliphatic carbocycles. The van der Waals surface area contributed by atoms with Gasteiger partial charge in [-0.15, -0.1) is 0 Å². The van der Waals surface area contributed by atoms with E-state index in [4.69, 9.17) is 4.74 Å². The molecule has 4 aliphatic rings. The Balaban J connectivity index is 1.59. The van der Waals surface area contributed by atoms with E-state index in [9.17, 15) is 9.59 Å². The second-order valence-electron chi connectivity index (χ2n) is 9.70. The van der Waals surface area contributed by atoms with E-state index in [2.05, 4.69) is 13.8 Å². The average molecular weight is 332 g/mol. The Morgan fingerprint density at radius 1 is 1.08 bits per heavy atom. The van der Waals surface area contributed by atoms with Crippen molar-refractivity contribution >= 4 is 11.8 Å². The molecule has 0 spiro atoms. The number of hydrogen-bond donors (Lipinski definition) is 0. The lowest BCUT2D eigenvalue weighted by molar-refractivity contribution is -0.166. The summed E-state index contributed by atoms with van der Waals surface area (Å²) in [6, 6.07) is 0. The van der Waals surface area contributed by atoms with E-state index < -0.39 is 0 Å². The molecule has 0 aromatic rings. The first-order chi connectivity index (χ1) is 11.3. The van der Waals surface area contributed by atoms with Gasteiger partial charge < -0.3 is 4.74 Å². The van der Waals surface area contributed by atoms with Gasteiger partial charge in [-0.1, -0.05) is 20.3 Å². The van der Waals surface area contributed by atoms with Crippen LogP contribution in [-0.4, -0.2) is 17.9 Å². The first-order valence-electron chi connectivity index (χ1n) is 10.0. The fraction of sp³-hybridized carbons (Fsp3) is 0.905. The van der Waals surface area contributed by atoms with E-state index in [-0.39, 0.29) is 17.5 Å². The molecule has 24 heavy (non-hydrogen) atoms. The summed E-state index contributed by atoms with van der Waals surface area (Å²) in [7, 11) is 0. The van der Waals surface area contributed by atoms with Gasteiger partial charge in [-0.05, 0) is 73.5 Å². The molecule has 0 aromatic carbocycles. The van der Waals surface area contributed by atoms with Crippen molar-refractivity contribution < 1.29 is 14.3 Å². The summed E-state index contributed by atoms with van der Waals surface area (Å²) in [5.74, 6) is 2.28. The molecule has 0 N–H and O–H groups in total. The minimum Gasteiger partial charge on any atom is -0.463 e. The molecule has 0 radical (unpaired) electrons. The van der Waals surface area contributed by atoms with Gasteiger partial charge in [0.25, 0.3) is 0 Å². The van der Waals surface area contributed by atoms with Crippen molar-refractivity contribution in [1.29, 1.82) is 0 Å². The predicted molar refractivity (Wildman–Crippen MR) is 92.3 cm³/mol. The minimum absolute atomic E-state index is 0.0326. The molecular weight excluding hydrogens is 300 g/mol. The number of hydrogen-bond acceptors (Lipinski definition) is 3. The van der Waals surface area contributed by atoms with E-state index >= 15 is 0 Å². The smallest absolute Gasteiger partial charge is 0.302 e. The third kappa shape index (κ3) is 2.37. The average Bonchev–Trinajstić information content (AvgIpc) is 2.90. The van der Waals surface area contributed by atoms with E-state index in [1.807, 2.05) is 0 Å². The van der Waals surface area contributed by atoms with E-state index in [1.54, 1.807) is 0 Å². The van der Waals surface area contributed by atoms with E-state index in [0.29, 0.717) is 34.9 Å². The molecule has 0 unspecified atom stereocenters. The van der Waals surface area contributed by atoms with Crippen LogP contribution in [0.2, 0.25) is 0 Å². The Morgan fingerprint density at radius 2 is 1.88 bits per heavy atom. The monoisotopic (exact) mass is 332 g/mol. The third-order valence-electron chi connectivity index (χ3n) is 8.54. The maximum absolute atomic E-state index is 13.1. The topological polar surface area (TPSA) is 43.4 Å². The van der Waals surface area contributed by atoms with Gasteiger partial charge in [0, 0.05) is 19.3 Å². The highest BCUT2D eigenvalue weighted by Crippen LogP contribution is 2.65. The Labute approximate surface area is 145 Å². The van der Waals surface area contributed by atoms with E-state index in [1.165, 1.54) is 39.0 Å². The van der Waals surface area contributed by atoms with Crippen molar-refractivity contribution in [2.24, 2.45) is 34.5 Å². The Kier molecular flexibility index (Phi) is 3.85. The number of carbonyl (C=O) groups is 2. The van der Waals surface area contributed by atoms with Crippen molar-refractivity contribution in [3.63, 3.8) is 0 Å². The summed E-state index contributed by atoms with van der Waals surface area (Å²) >= 11 is 0. The Morgan fingerprint density at radius 3 is 2.62 bits per heavy atom. The summed E-state index contributed by atoms with van der Waals surface area (Å²) in [5.41, 5.74) is 0.702. The maximum atomic E-state index is 13.1. The van der Waals surface area contributed by atoms with Gasteiger partial charge in [-0.25, -0.2) is 0 Å². The lowest BCUT2D eigenvalue weighted by Gasteiger charge is -2.59. The largest absolute Gasteiger partial charge is 0.463 e. The van der Waals surface area contributed by atoms with Crippen molar-refractivity contribution in [1.82, 2.24) is 0 Å². The molecule has 0 amide bonds. The Hall–Kier alpha value is -0.860. The maximum Gasteiger partial charge on any atom is 0.302 e. The molecule has 4 saturated carbocycles. The summed E-state index contributed by atoms with van der Waals surface area (Å²) in [5, 5.41) is 0. The first kappa shape index (κ1) is 16.6. The normalized spacial score (nSPS) is 50.6. The molecular formula is C21H32O3. The zero-order valence-corrected chi connectivity index (χ0v) is 15.5. The van der Waals surface area contributed by atoms with Crippen molar-refractivity contribution in [2.75, 3.05) is 0 Å². The van der Waals surface area contributed by atoms with Crippen molar-refractivity contribution in [2.45, 2.75) is 84.7 Å². The van der Waals surface area contributed by atoms with Crippen LogP contribution in [0.3, 0.4) is 0 Å². The second kappa shape index (κ2) is 5.57. The summed E-state index contributed by atoms with van der Waals surface area (Å²) in [4.78, 5) is 24.4. The lowest BCUT2D eigenvalue weighted by Crippen LogP contribution is -2.56. The van der Waals surface area contributed by atoms with Crippen LogP contribution in [0.1, 0.15) is 78.6 Å². The fourth-order valence-electron chi connectivity index (χ4n) is 7.22. The van der Waals surface area contributed by atoms with Crippen molar-refractivity contribution in [3.8, 4) is 0 Å². The number of ketones is 1. The molecule has 0 saturated heterocycles. The van der Waals surface area contributed by atoms with Gasteiger partial charge in [0.15, 0.2) is 0 Å². The zero-order chi connectivity index (χ0) is 17.1. The molecule has 0 heterocycles. The summed E-state index contributed by atoms with van der Waals surface area (Å²) in [6.45, 7) is 6.39. The minimum atomic E-state index is -0.178. The zero-order valence-electron chi connectivity index (χ0n) is 15.5. The Bertz CT molecular complexity index is 555. The number of rotatable bonds is 1. The predicted octanol–water partition coefficient (Wildman–Crippen LogP) is 4.53. The second-order valence-corrected chi connectivity index (χ2v) is 9.70. The SMILES string of the molecule is CC(=O)O[C@@H]1CC[C@@]2(C)[C@@H](CC(=O)[C@@H]3[C@H]2CC[C@]2(C)CCC[C@@H]32)C1. The highest BCUT2D eigenvalue weighted by molar-refractivity contribution is 5.83. The van der Waals surface area contributed by atoms with Crippen molar-refractivity contribution in [3.05, 3.63) is 0 Å². The number of fused-ring (bicyclic) bond motifs is 5. The van der Waals surface area contributed by atoms with Crippen LogP contribution < -0.4 is 0 Å². The van der Waals surface area contributed by atoms with Gasteiger partial charge in [-0.2, -0.15) is 0 Å². The lowest BCUT2D eigenvalue weighted by atomic mass is 9.45. The van der Waals surface area contributed by atoms with Gasteiger partial charge >= 0.3 is 5.97 Å². The summed E-state index contributed by atoms with van der Waals surface area (Å²) in [6.07, 6.45) is 10.2. The highest BCUT2D eigenvalue weighted by atomic mass is 16.5. The molecule has 4 rings (SSSR count). The number of ether oxygens (including phenoxy) is 1. The van der Waals surface area contributed by atoms with E-state index in [0.717, 1.165) is 25.7 Å². The van der Waals surface area contributed by atoms with Gasteiger partial charge in [0.2, 0.25) is 0 Å². The van der Waals surface area contributed by atoms with Crippen LogP contribution in [0.5, 0.6) is 0 Å². The van der Waals surface area contributed by atoms with Crippen LogP contribution in [0, 0.1) is 34.5 Å². The van der Waals surface area contributed by atoms with Gasteiger partial charge in [0.05, 0.1) is 0 Å². The molecule has 134 valence electrons. The molecule has 0 aliphatic heterocycles. The molecule has 4 fully saturated rings. The number of esters is 1. The fourth-order valence-corrected chi connectivity index (χ4v) is 7.22. The van der Waals surface area contributed by atoms with Crippen LogP contribution in [0.25, 0.3) is 0 Å².